The molecule has 0 radical (unpaired) electrons. The summed E-state index contributed by atoms with van der Waals surface area (Å²) in [5, 5.41) is 16.6. The van der Waals surface area contributed by atoms with Gasteiger partial charge in [-0.3, -0.25) is 4.79 Å². The summed E-state index contributed by atoms with van der Waals surface area (Å²) in [7, 11) is 0. The Morgan fingerprint density at radius 3 is 3.00 bits per heavy atom. The van der Waals surface area contributed by atoms with E-state index in [9.17, 15) is 4.79 Å². The van der Waals surface area contributed by atoms with Crippen molar-refractivity contribution in [3.63, 3.8) is 0 Å². The number of rotatable bonds is 5. The molecule has 1 aliphatic rings. The van der Waals surface area contributed by atoms with Crippen LogP contribution in [0.1, 0.15) is 31.4 Å². The lowest BCUT2D eigenvalue weighted by atomic mass is 10.1. The van der Waals surface area contributed by atoms with Gasteiger partial charge in [-0.25, -0.2) is 0 Å². The summed E-state index contributed by atoms with van der Waals surface area (Å²) in [5.41, 5.74) is 0.916. The minimum Gasteiger partial charge on any atom is -0.353 e. The van der Waals surface area contributed by atoms with Crippen LogP contribution in [-0.4, -0.2) is 40.4 Å². The van der Waals surface area contributed by atoms with Crippen molar-refractivity contribution in [2.75, 3.05) is 13.1 Å². The molecule has 2 rings (SSSR count). The van der Waals surface area contributed by atoms with Crippen molar-refractivity contribution in [1.29, 1.82) is 0 Å². The fraction of sp³-hybridized carbons (Fsp3) is 0.727. The van der Waals surface area contributed by atoms with E-state index in [2.05, 4.69) is 26.0 Å². The zero-order valence-corrected chi connectivity index (χ0v) is 9.91. The van der Waals surface area contributed by atoms with E-state index in [1.54, 1.807) is 6.20 Å². The normalized spacial score (nSPS) is 16.9. The number of piperidine rings is 1. The molecule has 17 heavy (non-hydrogen) atoms. The minimum atomic E-state index is 0.153. The highest BCUT2D eigenvalue weighted by molar-refractivity contribution is 5.76. The summed E-state index contributed by atoms with van der Waals surface area (Å²) in [6.07, 6.45) is 5.96. The van der Waals surface area contributed by atoms with Gasteiger partial charge in [0, 0.05) is 12.5 Å². The maximum Gasteiger partial charge on any atom is 0.220 e. The van der Waals surface area contributed by atoms with Crippen molar-refractivity contribution in [1.82, 2.24) is 26.0 Å². The molecule has 2 heterocycles. The predicted octanol–water partition coefficient (Wildman–Crippen LogP) is -0.00440. The molecule has 1 saturated heterocycles. The van der Waals surface area contributed by atoms with Crippen LogP contribution in [0.2, 0.25) is 0 Å². The molecule has 0 atom stereocenters. The van der Waals surface area contributed by atoms with Gasteiger partial charge in [-0.05, 0) is 38.8 Å². The van der Waals surface area contributed by atoms with Crippen LogP contribution < -0.4 is 10.6 Å². The number of H-pyrrole nitrogens is 1. The zero-order valence-electron chi connectivity index (χ0n) is 9.91. The quantitative estimate of drug-likeness (QED) is 0.673. The van der Waals surface area contributed by atoms with Crippen molar-refractivity contribution < 1.29 is 4.79 Å². The van der Waals surface area contributed by atoms with E-state index in [0.717, 1.165) is 44.5 Å². The van der Waals surface area contributed by atoms with Gasteiger partial charge in [0.2, 0.25) is 5.91 Å². The van der Waals surface area contributed by atoms with Crippen molar-refractivity contribution >= 4 is 5.91 Å². The number of aromatic amines is 1. The van der Waals surface area contributed by atoms with Crippen LogP contribution in [-0.2, 0) is 11.2 Å². The first-order chi connectivity index (χ1) is 8.34. The number of aromatic nitrogens is 3. The highest BCUT2D eigenvalue weighted by atomic mass is 16.1. The van der Waals surface area contributed by atoms with E-state index in [-0.39, 0.29) is 5.91 Å². The molecule has 0 unspecified atom stereocenters. The molecule has 1 aliphatic heterocycles. The fourth-order valence-corrected chi connectivity index (χ4v) is 2.04. The largest absolute Gasteiger partial charge is 0.353 e. The number of carbonyl (C=O) groups is 1. The second kappa shape index (κ2) is 6.34. The van der Waals surface area contributed by atoms with E-state index in [4.69, 9.17) is 0 Å². The van der Waals surface area contributed by atoms with Crippen LogP contribution in [0.3, 0.4) is 0 Å². The van der Waals surface area contributed by atoms with Crippen LogP contribution >= 0.6 is 0 Å². The smallest absolute Gasteiger partial charge is 0.220 e. The van der Waals surface area contributed by atoms with Gasteiger partial charge in [0.05, 0.1) is 11.9 Å². The van der Waals surface area contributed by atoms with Crippen LogP contribution in [0.15, 0.2) is 6.20 Å². The minimum absolute atomic E-state index is 0.153. The first-order valence-electron chi connectivity index (χ1n) is 6.19. The Hall–Kier alpha value is -1.43. The topological polar surface area (TPSA) is 82.7 Å². The van der Waals surface area contributed by atoms with Crippen molar-refractivity contribution in [3.8, 4) is 0 Å². The van der Waals surface area contributed by atoms with Gasteiger partial charge in [-0.15, -0.1) is 0 Å². The number of aryl methyl sites for hydroxylation is 1. The summed E-state index contributed by atoms with van der Waals surface area (Å²) in [6.45, 7) is 2.01. The number of hydrogen-bond acceptors (Lipinski definition) is 4. The lowest BCUT2D eigenvalue weighted by molar-refractivity contribution is -0.122. The number of carbonyl (C=O) groups excluding carboxylic acids is 1. The third-order valence-corrected chi connectivity index (χ3v) is 3.01. The highest BCUT2D eigenvalue weighted by Crippen LogP contribution is 2.04. The summed E-state index contributed by atoms with van der Waals surface area (Å²) >= 11 is 0. The van der Waals surface area contributed by atoms with E-state index in [1.165, 1.54) is 0 Å². The Kier molecular flexibility index (Phi) is 4.49. The molecule has 0 saturated carbocycles. The monoisotopic (exact) mass is 237 g/mol. The van der Waals surface area contributed by atoms with E-state index in [0.29, 0.717) is 12.5 Å². The van der Waals surface area contributed by atoms with Gasteiger partial charge in [0.15, 0.2) is 0 Å². The standard InChI is InChI=1S/C11H19N5O/c17-11(14-9-4-6-12-7-5-9)3-1-2-10-8-13-16-15-10/h8-9,12H,1-7H2,(H,14,17)(H,13,15,16). The van der Waals surface area contributed by atoms with Gasteiger partial charge in [-0.2, -0.15) is 15.4 Å². The first-order valence-corrected chi connectivity index (χ1v) is 6.19. The van der Waals surface area contributed by atoms with Crippen molar-refractivity contribution in [3.05, 3.63) is 11.9 Å². The number of nitrogens with zero attached hydrogens (tertiary/aromatic N) is 2. The molecule has 0 spiro atoms. The zero-order chi connectivity index (χ0) is 11.9. The van der Waals surface area contributed by atoms with Crippen LogP contribution in [0, 0.1) is 0 Å². The van der Waals surface area contributed by atoms with Gasteiger partial charge in [-0.1, -0.05) is 0 Å². The Morgan fingerprint density at radius 2 is 2.29 bits per heavy atom. The lowest BCUT2D eigenvalue weighted by Crippen LogP contribution is -2.42. The van der Waals surface area contributed by atoms with Gasteiger partial charge >= 0.3 is 0 Å². The third-order valence-electron chi connectivity index (χ3n) is 3.01. The maximum absolute atomic E-state index is 11.7. The fourth-order valence-electron chi connectivity index (χ4n) is 2.04. The predicted molar refractivity (Wildman–Crippen MR) is 63.4 cm³/mol. The lowest BCUT2D eigenvalue weighted by Gasteiger charge is -2.23. The Bertz CT molecular complexity index is 332. The molecule has 6 nitrogen and oxygen atoms in total. The molecule has 0 bridgehead atoms. The molecular weight excluding hydrogens is 218 g/mol. The molecule has 6 heteroatoms. The molecule has 1 aromatic rings. The number of amides is 1. The van der Waals surface area contributed by atoms with Crippen molar-refractivity contribution in [2.24, 2.45) is 0 Å². The summed E-state index contributed by atoms with van der Waals surface area (Å²) in [5.74, 6) is 0.153. The van der Waals surface area contributed by atoms with Gasteiger partial charge < -0.3 is 10.6 Å². The second-order valence-corrected chi connectivity index (χ2v) is 4.41. The average Bonchev–Trinajstić information content (AvgIpc) is 2.83. The average molecular weight is 237 g/mol. The Labute approximate surface area is 101 Å². The summed E-state index contributed by atoms with van der Waals surface area (Å²) < 4.78 is 0. The molecule has 94 valence electrons. The first kappa shape index (κ1) is 12.0. The van der Waals surface area contributed by atoms with E-state index >= 15 is 0 Å². The molecule has 1 fully saturated rings. The number of hydrogen-bond donors (Lipinski definition) is 3. The number of nitrogens with one attached hydrogen (secondary N) is 3. The molecule has 1 amide bonds. The highest BCUT2D eigenvalue weighted by Gasteiger charge is 2.14. The van der Waals surface area contributed by atoms with Crippen LogP contribution in [0.25, 0.3) is 0 Å². The molecular formula is C11H19N5O. The molecule has 3 N–H and O–H groups in total. The third kappa shape index (κ3) is 4.14. The summed E-state index contributed by atoms with van der Waals surface area (Å²) in [6, 6.07) is 0.357. The Balaban J connectivity index is 1.60. The molecule has 0 aromatic carbocycles. The SMILES string of the molecule is O=C(CCCc1cn[nH]n1)NC1CCNCC1. The van der Waals surface area contributed by atoms with Gasteiger partial charge in [0.25, 0.3) is 0 Å². The van der Waals surface area contributed by atoms with E-state index < -0.39 is 0 Å². The van der Waals surface area contributed by atoms with Crippen molar-refractivity contribution in [2.45, 2.75) is 38.1 Å². The summed E-state index contributed by atoms with van der Waals surface area (Å²) in [4.78, 5) is 11.7. The van der Waals surface area contributed by atoms with Crippen LogP contribution in [0.4, 0.5) is 0 Å². The second-order valence-electron chi connectivity index (χ2n) is 4.41. The van der Waals surface area contributed by atoms with E-state index in [1.807, 2.05) is 0 Å². The van der Waals surface area contributed by atoms with Gasteiger partial charge in [0.1, 0.15) is 0 Å². The molecule has 1 aromatic heterocycles. The van der Waals surface area contributed by atoms with Crippen LogP contribution in [0.5, 0.6) is 0 Å². The Morgan fingerprint density at radius 1 is 1.47 bits per heavy atom. The molecule has 0 aliphatic carbocycles. The maximum atomic E-state index is 11.7.